The minimum atomic E-state index is 0.0654. The number of rotatable bonds is 3. The first-order valence-electron chi connectivity index (χ1n) is 5.76. The van der Waals surface area contributed by atoms with Gasteiger partial charge in [0.2, 0.25) is 0 Å². The van der Waals surface area contributed by atoms with Gasteiger partial charge in [0.05, 0.1) is 5.69 Å². The van der Waals surface area contributed by atoms with Gasteiger partial charge in [0, 0.05) is 0 Å². The summed E-state index contributed by atoms with van der Waals surface area (Å²) in [6, 6.07) is 6.22. The minimum Gasteiger partial charge on any atom is -0.351 e. The van der Waals surface area contributed by atoms with Crippen molar-refractivity contribution in [1.82, 2.24) is 0 Å². The van der Waals surface area contributed by atoms with E-state index in [-0.39, 0.29) is 12.5 Å². The van der Waals surface area contributed by atoms with Crippen molar-refractivity contribution in [2.24, 2.45) is 0 Å². The Labute approximate surface area is 96.0 Å². The first-order valence-corrected chi connectivity index (χ1v) is 5.76. The van der Waals surface area contributed by atoms with Crippen LogP contribution in [-0.4, -0.2) is 19.2 Å². The third-order valence-corrected chi connectivity index (χ3v) is 2.98. The van der Waals surface area contributed by atoms with E-state index in [2.05, 4.69) is 32.0 Å². The molecule has 0 aromatic heterocycles. The Morgan fingerprint density at radius 1 is 1.25 bits per heavy atom. The zero-order valence-corrected chi connectivity index (χ0v) is 9.82. The van der Waals surface area contributed by atoms with Gasteiger partial charge in [-0.15, -0.1) is 0 Å². The second-order valence-electron chi connectivity index (χ2n) is 3.93. The standard InChI is InChI=1S/C13H17NO2/c1-3-10-6-5-7-11(4-2)13(10)14-9-16-8-12(14)15/h5-7H,3-4,8-9H2,1-2H3. The van der Waals surface area contributed by atoms with Crippen molar-refractivity contribution < 1.29 is 9.53 Å². The van der Waals surface area contributed by atoms with Crippen molar-refractivity contribution in [1.29, 1.82) is 0 Å². The van der Waals surface area contributed by atoms with Gasteiger partial charge in [-0.3, -0.25) is 9.69 Å². The van der Waals surface area contributed by atoms with Gasteiger partial charge in [-0.25, -0.2) is 0 Å². The number of carbonyl (C=O) groups is 1. The molecule has 1 amide bonds. The van der Waals surface area contributed by atoms with Crippen molar-refractivity contribution in [2.75, 3.05) is 18.2 Å². The maximum absolute atomic E-state index is 11.7. The van der Waals surface area contributed by atoms with Crippen LogP contribution in [0.3, 0.4) is 0 Å². The van der Waals surface area contributed by atoms with Gasteiger partial charge in [0.1, 0.15) is 13.3 Å². The predicted molar refractivity (Wildman–Crippen MR) is 63.5 cm³/mol. The van der Waals surface area contributed by atoms with Crippen molar-refractivity contribution in [3.8, 4) is 0 Å². The van der Waals surface area contributed by atoms with E-state index in [9.17, 15) is 4.79 Å². The van der Waals surface area contributed by atoms with E-state index >= 15 is 0 Å². The van der Waals surface area contributed by atoms with Gasteiger partial charge in [0.25, 0.3) is 5.91 Å². The van der Waals surface area contributed by atoms with Crippen molar-refractivity contribution in [3.05, 3.63) is 29.3 Å². The number of benzene rings is 1. The topological polar surface area (TPSA) is 29.5 Å². The smallest absolute Gasteiger partial charge is 0.254 e. The van der Waals surface area contributed by atoms with Gasteiger partial charge in [0.15, 0.2) is 0 Å². The molecular weight excluding hydrogens is 202 g/mol. The number of hydrogen-bond acceptors (Lipinski definition) is 2. The van der Waals surface area contributed by atoms with Crippen LogP contribution in [0.5, 0.6) is 0 Å². The third kappa shape index (κ3) is 1.83. The van der Waals surface area contributed by atoms with Crippen LogP contribution in [0.1, 0.15) is 25.0 Å². The lowest BCUT2D eigenvalue weighted by molar-refractivity contribution is -0.117. The molecule has 3 heteroatoms. The summed E-state index contributed by atoms with van der Waals surface area (Å²) < 4.78 is 5.20. The summed E-state index contributed by atoms with van der Waals surface area (Å²) in [6.45, 7) is 4.82. The van der Waals surface area contributed by atoms with Crippen molar-refractivity contribution >= 4 is 11.6 Å². The number of para-hydroxylation sites is 1. The highest BCUT2D eigenvalue weighted by atomic mass is 16.5. The van der Waals surface area contributed by atoms with Crippen LogP contribution in [0.2, 0.25) is 0 Å². The lowest BCUT2D eigenvalue weighted by Gasteiger charge is -2.21. The average molecular weight is 219 g/mol. The average Bonchev–Trinajstić information content (AvgIpc) is 2.74. The van der Waals surface area contributed by atoms with E-state index in [1.165, 1.54) is 11.1 Å². The fourth-order valence-electron chi connectivity index (χ4n) is 2.13. The zero-order chi connectivity index (χ0) is 11.5. The molecule has 0 radical (unpaired) electrons. The third-order valence-electron chi connectivity index (χ3n) is 2.98. The van der Waals surface area contributed by atoms with E-state index in [4.69, 9.17) is 4.74 Å². The van der Waals surface area contributed by atoms with Gasteiger partial charge >= 0.3 is 0 Å². The molecule has 1 aliphatic heterocycles. The number of aryl methyl sites for hydroxylation is 2. The van der Waals surface area contributed by atoms with Crippen LogP contribution < -0.4 is 4.90 Å². The molecular formula is C13H17NO2. The van der Waals surface area contributed by atoms with E-state index in [0.717, 1.165) is 18.5 Å². The second kappa shape index (κ2) is 4.66. The summed E-state index contributed by atoms with van der Waals surface area (Å²) in [4.78, 5) is 13.5. The second-order valence-corrected chi connectivity index (χ2v) is 3.93. The highest BCUT2D eigenvalue weighted by Gasteiger charge is 2.25. The fourth-order valence-corrected chi connectivity index (χ4v) is 2.13. The molecule has 0 aliphatic carbocycles. The Balaban J connectivity index is 2.47. The van der Waals surface area contributed by atoms with Crippen LogP contribution in [0, 0.1) is 0 Å². The van der Waals surface area contributed by atoms with Gasteiger partial charge in [-0.05, 0) is 24.0 Å². The fraction of sp³-hybridized carbons (Fsp3) is 0.462. The summed E-state index contributed by atoms with van der Waals surface area (Å²) in [5, 5.41) is 0. The Morgan fingerprint density at radius 2 is 1.88 bits per heavy atom. The molecule has 1 saturated heterocycles. The summed E-state index contributed by atoms with van der Waals surface area (Å²) >= 11 is 0. The summed E-state index contributed by atoms with van der Waals surface area (Å²) in [5.74, 6) is 0.0654. The molecule has 1 fully saturated rings. The summed E-state index contributed by atoms with van der Waals surface area (Å²) in [7, 11) is 0. The number of nitrogens with zero attached hydrogens (tertiary/aromatic N) is 1. The molecule has 3 nitrogen and oxygen atoms in total. The molecule has 86 valence electrons. The molecule has 1 aromatic rings. The molecule has 0 atom stereocenters. The quantitative estimate of drug-likeness (QED) is 0.779. The molecule has 0 saturated carbocycles. The summed E-state index contributed by atoms with van der Waals surface area (Å²) in [6.07, 6.45) is 1.87. The highest BCUT2D eigenvalue weighted by molar-refractivity contribution is 5.97. The molecule has 1 aromatic carbocycles. The maximum atomic E-state index is 11.7. The van der Waals surface area contributed by atoms with E-state index in [1.807, 2.05) is 0 Å². The van der Waals surface area contributed by atoms with Gasteiger partial charge in [-0.1, -0.05) is 32.0 Å². The lowest BCUT2D eigenvalue weighted by Crippen LogP contribution is -2.27. The molecule has 0 bridgehead atoms. The molecule has 0 N–H and O–H groups in total. The Hall–Kier alpha value is -1.35. The van der Waals surface area contributed by atoms with E-state index < -0.39 is 0 Å². The van der Waals surface area contributed by atoms with E-state index in [1.54, 1.807) is 4.90 Å². The first-order chi connectivity index (χ1) is 7.77. The van der Waals surface area contributed by atoms with Crippen LogP contribution >= 0.6 is 0 Å². The number of carbonyl (C=O) groups excluding carboxylic acids is 1. The molecule has 2 rings (SSSR count). The van der Waals surface area contributed by atoms with Crippen molar-refractivity contribution in [3.63, 3.8) is 0 Å². The molecule has 16 heavy (non-hydrogen) atoms. The SMILES string of the molecule is CCc1cccc(CC)c1N1COCC1=O. The molecule has 1 aliphatic rings. The first kappa shape index (κ1) is 11.1. The predicted octanol–water partition coefficient (Wildman–Crippen LogP) is 2.13. The van der Waals surface area contributed by atoms with E-state index in [0.29, 0.717) is 6.73 Å². The molecule has 1 heterocycles. The normalized spacial score (nSPS) is 15.9. The summed E-state index contributed by atoms with van der Waals surface area (Å²) in [5.41, 5.74) is 3.51. The van der Waals surface area contributed by atoms with Crippen LogP contribution in [0.4, 0.5) is 5.69 Å². The van der Waals surface area contributed by atoms with Crippen LogP contribution in [0.15, 0.2) is 18.2 Å². The van der Waals surface area contributed by atoms with Crippen LogP contribution in [0.25, 0.3) is 0 Å². The van der Waals surface area contributed by atoms with Gasteiger partial charge in [-0.2, -0.15) is 0 Å². The monoisotopic (exact) mass is 219 g/mol. The highest BCUT2D eigenvalue weighted by Crippen LogP contribution is 2.28. The maximum Gasteiger partial charge on any atom is 0.254 e. The number of anilines is 1. The Bertz CT molecular complexity index is 379. The molecule has 0 unspecified atom stereocenters. The minimum absolute atomic E-state index is 0.0654. The Kier molecular flexibility index (Phi) is 3.25. The largest absolute Gasteiger partial charge is 0.351 e. The number of ether oxygens (including phenoxy) is 1. The number of amides is 1. The van der Waals surface area contributed by atoms with Crippen molar-refractivity contribution in [2.45, 2.75) is 26.7 Å². The number of hydrogen-bond donors (Lipinski definition) is 0. The lowest BCUT2D eigenvalue weighted by atomic mass is 10.0. The zero-order valence-electron chi connectivity index (χ0n) is 9.82. The van der Waals surface area contributed by atoms with Crippen LogP contribution in [-0.2, 0) is 22.4 Å². The van der Waals surface area contributed by atoms with Gasteiger partial charge < -0.3 is 4.74 Å². The molecule has 0 spiro atoms. The Morgan fingerprint density at radius 3 is 2.31 bits per heavy atom.